The fourth-order valence-electron chi connectivity index (χ4n) is 2.74. The third-order valence-corrected chi connectivity index (χ3v) is 4.02. The van der Waals surface area contributed by atoms with Crippen molar-refractivity contribution in [2.75, 3.05) is 30.3 Å². The van der Waals surface area contributed by atoms with Gasteiger partial charge in [0.25, 0.3) is 0 Å². The first kappa shape index (κ1) is 16.1. The van der Waals surface area contributed by atoms with Crippen LogP contribution in [0.3, 0.4) is 0 Å². The van der Waals surface area contributed by atoms with Gasteiger partial charge in [0.05, 0.1) is 18.1 Å². The summed E-state index contributed by atoms with van der Waals surface area (Å²) in [6, 6.07) is 10.0. The molecule has 0 bridgehead atoms. The summed E-state index contributed by atoms with van der Waals surface area (Å²) in [7, 11) is 0. The summed E-state index contributed by atoms with van der Waals surface area (Å²) >= 11 is 0. The van der Waals surface area contributed by atoms with E-state index in [1.807, 2.05) is 35.2 Å². The minimum atomic E-state index is -0.580. The van der Waals surface area contributed by atoms with Crippen LogP contribution >= 0.6 is 0 Å². The largest absolute Gasteiger partial charge is 0.378 e. The van der Waals surface area contributed by atoms with Gasteiger partial charge in [0.2, 0.25) is 11.8 Å². The lowest BCUT2D eigenvalue weighted by Crippen LogP contribution is -2.23. The number of nitrogens with two attached hydrogens (primary N) is 1. The predicted molar refractivity (Wildman–Crippen MR) is 89.5 cm³/mol. The lowest BCUT2D eigenvalue weighted by molar-refractivity contribution is -0.384. The van der Waals surface area contributed by atoms with Crippen LogP contribution in [0.1, 0.15) is 12.0 Å². The fraction of sp³-hybridized carbons (Fsp3) is 0.375. The Morgan fingerprint density at radius 1 is 1.38 bits per heavy atom. The average Bonchev–Trinajstić information content (AvgIpc) is 3.04. The second-order valence-corrected chi connectivity index (χ2v) is 5.80. The fourth-order valence-corrected chi connectivity index (χ4v) is 2.74. The highest BCUT2D eigenvalue weighted by molar-refractivity contribution is 5.54. The molecule has 3 rings (SSSR count). The van der Waals surface area contributed by atoms with Crippen molar-refractivity contribution < 1.29 is 9.66 Å². The van der Waals surface area contributed by atoms with Gasteiger partial charge in [-0.3, -0.25) is 10.1 Å². The van der Waals surface area contributed by atoms with E-state index in [4.69, 9.17) is 10.5 Å². The first-order valence-corrected chi connectivity index (χ1v) is 7.77. The van der Waals surface area contributed by atoms with E-state index in [1.165, 1.54) is 0 Å². The molecule has 2 N–H and O–H groups in total. The molecule has 1 aliphatic heterocycles. The number of ether oxygens (including phenoxy) is 1. The maximum atomic E-state index is 10.8. The number of aromatic nitrogens is 2. The van der Waals surface area contributed by atoms with Crippen molar-refractivity contribution in [3.05, 3.63) is 52.2 Å². The van der Waals surface area contributed by atoms with Gasteiger partial charge < -0.3 is 15.4 Å². The van der Waals surface area contributed by atoms with Crippen molar-refractivity contribution in [2.45, 2.75) is 13.0 Å². The Balaban J connectivity index is 1.52. The monoisotopic (exact) mass is 329 g/mol. The Morgan fingerprint density at radius 3 is 2.88 bits per heavy atom. The molecule has 126 valence electrons. The number of anilines is 2. The topological polar surface area (TPSA) is 107 Å². The van der Waals surface area contributed by atoms with Crippen molar-refractivity contribution in [3.8, 4) is 0 Å². The molecule has 1 atom stereocenters. The summed E-state index contributed by atoms with van der Waals surface area (Å²) in [5.41, 5.74) is 6.51. The zero-order chi connectivity index (χ0) is 16.9. The zero-order valence-corrected chi connectivity index (χ0v) is 13.2. The lowest BCUT2D eigenvalue weighted by atomic mass is 10.1. The SMILES string of the molecule is Nc1nc(N2CC[C@H](COCc3ccccc3)C2)ncc1[N+](=O)[O-]. The number of rotatable bonds is 6. The van der Waals surface area contributed by atoms with Crippen LogP contribution in [0.2, 0.25) is 0 Å². The quantitative estimate of drug-likeness (QED) is 0.638. The van der Waals surface area contributed by atoms with Crippen molar-refractivity contribution in [1.29, 1.82) is 0 Å². The van der Waals surface area contributed by atoms with Crippen molar-refractivity contribution in [2.24, 2.45) is 5.92 Å². The number of nitro groups is 1. The minimum Gasteiger partial charge on any atom is -0.378 e. The molecule has 24 heavy (non-hydrogen) atoms. The molecule has 0 unspecified atom stereocenters. The average molecular weight is 329 g/mol. The van der Waals surface area contributed by atoms with E-state index in [9.17, 15) is 10.1 Å². The molecular formula is C16H19N5O3. The van der Waals surface area contributed by atoms with Gasteiger partial charge in [-0.05, 0) is 12.0 Å². The van der Waals surface area contributed by atoms with Gasteiger partial charge in [-0.1, -0.05) is 30.3 Å². The van der Waals surface area contributed by atoms with Crippen molar-refractivity contribution in [3.63, 3.8) is 0 Å². The van der Waals surface area contributed by atoms with Crippen LogP contribution in [0.25, 0.3) is 0 Å². The van der Waals surface area contributed by atoms with Gasteiger partial charge in [-0.15, -0.1) is 0 Å². The van der Waals surface area contributed by atoms with E-state index in [-0.39, 0.29) is 11.5 Å². The van der Waals surface area contributed by atoms with Gasteiger partial charge in [0.1, 0.15) is 6.20 Å². The Hall–Kier alpha value is -2.74. The molecule has 1 saturated heterocycles. The summed E-state index contributed by atoms with van der Waals surface area (Å²) in [5.74, 6) is 0.714. The minimum absolute atomic E-state index is 0.103. The maximum Gasteiger partial charge on any atom is 0.329 e. The van der Waals surface area contributed by atoms with Crippen LogP contribution < -0.4 is 10.6 Å². The highest BCUT2D eigenvalue weighted by Crippen LogP contribution is 2.25. The van der Waals surface area contributed by atoms with Crippen LogP contribution in [0.5, 0.6) is 0 Å². The third kappa shape index (κ3) is 3.77. The molecule has 8 nitrogen and oxygen atoms in total. The van der Waals surface area contributed by atoms with Crippen LogP contribution in [-0.2, 0) is 11.3 Å². The Labute approximate surface area is 139 Å². The first-order chi connectivity index (χ1) is 11.6. The molecule has 0 radical (unpaired) electrons. The van der Waals surface area contributed by atoms with Crippen LogP contribution in [-0.4, -0.2) is 34.6 Å². The van der Waals surface area contributed by atoms with E-state index in [2.05, 4.69) is 9.97 Å². The molecule has 0 saturated carbocycles. The highest BCUT2D eigenvalue weighted by atomic mass is 16.6. The van der Waals surface area contributed by atoms with Gasteiger partial charge in [-0.2, -0.15) is 4.98 Å². The van der Waals surface area contributed by atoms with E-state index in [1.54, 1.807) is 0 Å². The van der Waals surface area contributed by atoms with E-state index >= 15 is 0 Å². The van der Waals surface area contributed by atoms with Gasteiger partial charge in [-0.25, -0.2) is 4.98 Å². The number of benzene rings is 1. The molecule has 1 fully saturated rings. The number of nitrogens with zero attached hydrogens (tertiary/aromatic N) is 4. The lowest BCUT2D eigenvalue weighted by Gasteiger charge is -2.16. The molecular weight excluding hydrogens is 310 g/mol. The summed E-state index contributed by atoms with van der Waals surface area (Å²) in [5, 5.41) is 10.8. The summed E-state index contributed by atoms with van der Waals surface area (Å²) < 4.78 is 5.78. The second-order valence-electron chi connectivity index (χ2n) is 5.80. The first-order valence-electron chi connectivity index (χ1n) is 7.77. The molecule has 1 aliphatic rings. The van der Waals surface area contributed by atoms with E-state index in [0.29, 0.717) is 25.1 Å². The molecule has 8 heteroatoms. The maximum absolute atomic E-state index is 10.8. The molecule has 1 aromatic carbocycles. The van der Waals surface area contributed by atoms with Gasteiger partial charge >= 0.3 is 5.69 Å². The van der Waals surface area contributed by atoms with Crippen LogP contribution in [0.15, 0.2) is 36.5 Å². The molecule has 1 aromatic heterocycles. The van der Waals surface area contributed by atoms with E-state index < -0.39 is 4.92 Å². The second kappa shape index (κ2) is 7.22. The van der Waals surface area contributed by atoms with Crippen LogP contribution in [0.4, 0.5) is 17.5 Å². The molecule has 0 spiro atoms. The molecule has 2 heterocycles. The smallest absolute Gasteiger partial charge is 0.329 e. The number of nitrogen functional groups attached to an aromatic ring is 1. The zero-order valence-electron chi connectivity index (χ0n) is 13.2. The molecule has 0 amide bonds. The Morgan fingerprint density at radius 2 is 2.17 bits per heavy atom. The molecule has 0 aliphatic carbocycles. The number of hydrogen-bond donors (Lipinski definition) is 1. The Bertz CT molecular complexity index is 710. The Kier molecular flexibility index (Phi) is 4.85. The van der Waals surface area contributed by atoms with Crippen LogP contribution in [0, 0.1) is 16.0 Å². The number of hydrogen-bond acceptors (Lipinski definition) is 7. The standard InChI is InChI=1S/C16H19N5O3/c17-15-14(21(22)23)8-18-16(19-15)20-7-6-13(9-20)11-24-10-12-4-2-1-3-5-12/h1-5,8,13H,6-7,9-11H2,(H2,17,18,19)/t13-/m0/s1. The normalized spacial score (nSPS) is 17.2. The summed E-state index contributed by atoms with van der Waals surface area (Å²) in [6.07, 6.45) is 2.13. The highest BCUT2D eigenvalue weighted by Gasteiger charge is 2.26. The summed E-state index contributed by atoms with van der Waals surface area (Å²) in [4.78, 5) is 20.3. The summed E-state index contributed by atoms with van der Waals surface area (Å²) in [6.45, 7) is 2.80. The third-order valence-electron chi connectivity index (χ3n) is 4.02. The van der Waals surface area contributed by atoms with Crippen molar-refractivity contribution >= 4 is 17.5 Å². The molecule has 2 aromatic rings. The van der Waals surface area contributed by atoms with Gasteiger partial charge in [0.15, 0.2) is 0 Å². The predicted octanol–water partition coefficient (Wildman–Crippen LogP) is 2.01. The van der Waals surface area contributed by atoms with E-state index in [0.717, 1.165) is 31.3 Å². The van der Waals surface area contributed by atoms with Crippen molar-refractivity contribution in [1.82, 2.24) is 9.97 Å². The van der Waals surface area contributed by atoms with Gasteiger partial charge in [0, 0.05) is 19.0 Å².